The van der Waals surface area contributed by atoms with Gasteiger partial charge in [-0.3, -0.25) is 9.59 Å². The Bertz CT molecular complexity index is 1370. The van der Waals surface area contributed by atoms with E-state index in [9.17, 15) is 9.59 Å². The number of fused-ring (bicyclic) bond motifs is 2. The molecule has 1 aliphatic heterocycles. The number of aryl methyl sites for hydroxylation is 1. The molecule has 0 fully saturated rings. The van der Waals surface area contributed by atoms with Crippen LogP contribution < -0.4 is 19.6 Å². The third kappa shape index (κ3) is 3.71. The van der Waals surface area contributed by atoms with E-state index >= 15 is 0 Å². The Balaban J connectivity index is 1.50. The maximum Gasteiger partial charge on any atom is 0.235 e. The van der Waals surface area contributed by atoms with Gasteiger partial charge in [0.05, 0.1) is 5.39 Å². The average molecular weight is 428 g/mol. The quantitative estimate of drug-likeness (QED) is 0.425. The highest BCUT2D eigenvalue weighted by atomic mass is 16.6. The van der Waals surface area contributed by atoms with Crippen LogP contribution >= 0.6 is 0 Å². The lowest BCUT2D eigenvalue weighted by Crippen LogP contribution is -2.18. The fourth-order valence-corrected chi connectivity index (χ4v) is 3.59. The van der Waals surface area contributed by atoms with E-state index in [1.807, 2.05) is 31.2 Å². The molecule has 6 nitrogen and oxygen atoms in total. The van der Waals surface area contributed by atoms with Crippen LogP contribution in [0.3, 0.4) is 0 Å². The minimum Gasteiger partial charge on any atom is -0.486 e. The third-order valence-electron chi connectivity index (χ3n) is 5.28. The van der Waals surface area contributed by atoms with E-state index in [4.69, 9.17) is 18.6 Å². The Morgan fingerprint density at radius 1 is 0.938 bits per heavy atom. The lowest BCUT2D eigenvalue weighted by atomic mass is 10.1. The van der Waals surface area contributed by atoms with E-state index in [0.29, 0.717) is 52.6 Å². The van der Waals surface area contributed by atoms with Crippen LogP contribution in [0.2, 0.25) is 0 Å². The van der Waals surface area contributed by atoms with Crippen LogP contribution in [0.1, 0.15) is 15.9 Å². The molecule has 0 atom stereocenters. The second-order valence-corrected chi connectivity index (χ2v) is 7.52. The molecule has 1 aliphatic rings. The Hall–Kier alpha value is -4.06. The van der Waals surface area contributed by atoms with Gasteiger partial charge >= 0.3 is 0 Å². The van der Waals surface area contributed by atoms with Crippen molar-refractivity contribution in [2.45, 2.75) is 6.92 Å². The molecule has 4 aromatic rings. The van der Waals surface area contributed by atoms with Crippen LogP contribution in [-0.2, 0) is 0 Å². The molecular weight excluding hydrogens is 408 g/mol. The Labute approximate surface area is 184 Å². The maximum atomic E-state index is 13.2. The average Bonchev–Trinajstić information content (AvgIpc) is 2.83. The van der Waals surface area contributed by atoms with Crippen molar-refractivity contribution < 1.29 is 23.4 Å². The van der Waals surface area contributed by atoms with Crippen molar-refractivity contribution in [2.75, 3.05) is 19.8 Å². The molecule has 160 valence electrons. The van der Waals surface area contributed by atoms with E-state index < -0.39 is 0 Å². The summed E-state index contributed by atoms with van der Waals surface area (Å²) in [7, 11) is 0. The molecule has 0 saturated heterocycles. The molecule has 5 rings (SSSR count). The van der Waals surface area contributed by atoms with Gasteiger partial charge in [0.1, 0.15) is 18.8 Å². The SMILES string of the molecule is Cc1ccc(-c2oc3ccccc3c(=O)c2OCC(=O)c2ccc3c(c2)OCCO3)cc1. The van der Waals surface area contributed by atoms with Gasteiger partial charge in [0.25, 0.3) is 0 Å². The second kappa shape index (κ2) is 8.23. The number of carbonyl (C=O) groups is 1. The van der Waals surface area contributed by atoms with Crippen LogP contribution in [0.4, 0.5) is 0 Å². The van der Waals surface area contributed by atoms with Crippen molar-refractivity contribution in [3.8, 4) is 28.6 Å². The van der Waals surface area contributed by atoms with Crippen LogP contribution in [-0.4, -0.2) is 25.6 Å². The summed E-state index contributed by atoms with van der Waals surface area (Å²) < 4.78 is 22.9. The summed E-state index contributed by atoms with van der Waals surface area (Å²) >= 11 is 0. The molecule has 0 N–H and O–H groups in total. The van der Waals surface area contributed by atoms with E-state index in [-0.39, 0.29) is 23.6 Å². The number of hydrogen-bond acceptors (Lipinski definition) is 6. The zero-order chi connectivity index (χ0) is 22.1. The smallest absolute Gasteiger partial charge is 0.235 e. The molecular formula is C26H20O6. The van der Waals surface area contributed by atoms with Crippen molar-refractivity contribution >= 4 is 16.8 Å². The summed E-state index contributed by atoms with van der Waals surface area (Å²) in [5.74, 6) is 1.14. The van der Waals surface area contributed by atoms with Gasteiger partial charge in [-0.15, -0.1) is 0 Å². The van der Waals surface area contributed by atoms with E-state index in [1.54, 1.807) is 42.5 Å². The lowest BCUT2D eigenvalue weighted by molar-refractivity contribution is 0.0919. The molecule has 0 unspecified atom stereocenters. The first kappa shape index (κ1) is 19.9. The molecule has 6 heteroatoms. The van der Waals surface area contributed by atoms with Gasteiger partial charge < -0.3 is 18.6 Å². The Morgan fingerprint density at radius 3 is 2.50 bits per heavy atom. The molecule has 32 heavy (non-hydrogen) atoms. The summed E-state index contributed by atoms with van der Waals surface area (Å²) in [5.41, 5.74) is 2.32. The van der Waals surface area contributed by atoms with Crippen LogP contribution in [0, 0.1) is 6.92 Å². The standard InChI is InChI=1S/C26H20O6/c1-16-6-8-17(9-7-16)25-26(24(28)19-4-2-3-5-21(19)32-25)31-15-20(27)18-10-11-22-23(14-18)30-13-12-29-22/h2-11,14H,12-13,15H2,1H3. The fourth-order valence-electron chi connectivity index (χ4n) is 3.59. The molecule has 0 spiro atoms. The van der Waals surface area contributed by atoms with Crippen molar-refractivity contribution in [1.29, 1.82) is 0 Å². The first-order chi connectivity index (χ1) is 15.6. The molecule has 0 amide bonds. The number of carbonyl (C=O) groups excluding carboxylic acids is 1. The molecule has 0 radical (unpaired) electrons. The van der Waals surface area contributed by atoms with Gasteiger partial charge in [-0.1, -0.05) is 42.0 Å². The number of Topliss-reactive ketones (excluding diaryl/α,β-unsaturated/α-hetero) is 1. The zero-order valence-corrected chi connectivity index (χ0v) is 17.4. The number of benzene rings is 3. The van der Waals surface area contributed by atoms with Crippen molar-refractivity contribution in [1.82, 2.24) is 0 Å². The normalized spacial score (nSPS) is 12.5. The summed E-state index contributed by atoms with van der Waals surface area (Å²) in [6, 6.07) is 19.5. The number of ether oxygens (including phenoxy) is 3. The summed E-state index contributed by atoms with van der Waals surface area (Å²) in [6.45, 7) is 2.56. The number of hydrogen-bond donors (Lipinski definition) is 0. The molecule has 2 heterocycles. The monoisotopic (exact) mass is 428 g/mol. The minimum absolute atomic E-state index is 0.0125. The van der Waals surface area contributed by atoms with Gasteiger partial charge in [0, 0.05) is 11.1 Å². The highest BCUT2D eigenvalue weighted by Crippen LogP contribution is 2.32. The molecule has 3 aromatic carbocycles. The topological polar surface area (TPSA) is 75.0 Å². The van der Waals surface area contributed by atoms with Crippen molar-refractivity contribution in [3.63, 3.8) is 0 Å². The van der Waals surface area contributed by atoms with E-state index in [2.05, 4.69) is 0 Å². The first-order valence-corrected chi connectivity index (χ1v) is 10.3. The highest BCUT2D eigenvalue weighted by molar-refractivity contribution is 5.98. The van der Waals surface area contributed by atoms with Gasteiger partial charge in [-0.2, -0.15) is 0 Å². The number of para-hydroxylation sites is 1. The fraction of sp³-hybridized carbons (Fsp3) is 0.154. The Morgan fingerprint density at radius 2 is 1.69 bits per heavy atom. The van der Waals surface area contributed by atoms with Crippen molar-refractivity contribution in [2.24, 2.45) is 0 Å². The van der Waals surface area contributed by atoms with Crippen LogP contribution in [0.25, 0.3) is 22.3 Å². The van der Waals surface area contributed by atoms with Gasteiger partial charge in [-0.05, 0) is 37.3 Å². The summed E-state index contributed by atoms with van der Waals surface area (Å²) in [5, 5.41) is 0.394. The van der Waals surface area contributed by atoms with Crippen LogP contribution in [0.5, 0.6) is 17.2 Å². The predicted octanol–water partition coefficient (Wildman–Crippen LogP) is 4.80. The Kier molecular flexibility index (Phi) is 5.11. The third-order valence-corrected chi connectivity index (χ3v) is 5.28. The van der Waals surface area contributed by atoms with Gasteiger partial charge in [0.2, 0.25) is 11.2 Å². The lowest BCUT2D eigenvalue weighted by Gasteiger charge is -2.18. The second-order valence-electron chi connectivity index (χ2n) is 7.52. The van der Waals surface area contributed by atoms with E-state index in [0.717, 1.165) is 5.56 Å². The largest absolute Gasteiger partial charge is 0.486 e. The number of ketones is 1. The van der Waals surface area contributed by atoms with E-state index in [1.165, 1.54) is 0 Å². The first-order valence-electron chi connectivity index (χ1n) is 10.3. The highest BCUT2D eigenvalue weighted by Gasteiger charge is 2.20. The maximum absolute atomic E-state index is 13.2. The summed E-state index contributed by atoms with van der Waals surface area (Å²) in [4.78, 5) is 26.0. The predicted molar refractivity (Wildman–Crippen MR) is 120 cm³/mol. The van der Waals surface area contributed by atoms with Crippen LogP contribution in [0.15, 0.2) is 75.9 Å². The minimum atomic E-state index is -0.322. The van der Waals surface area contributed by atoms with Gasteiger partial charge in [0.15, 0.2) is 29.6 Å². The summed E-state index contributed by atoms with van der Waals surface area (Å²) in [6.07, 6.45) is 0. The molecule has 1 aromatic heterocycles. The van der Waals surface area contributed by atoms with Crippen molar-refractivity contribution in [3.05, 3.63) is 88.1 Å². The van der Waals surface area contributed by atoms with Gasteiger partial charge in [-0.25, -0.2) is 0 Å². The number of rotatable bonds is 5. The molecule has 0 bridgehead atoms. The zero-order valence-electron chi connectivity index (χ0n) is 17.4. The molecule has 0 aliphatic carbocycles. The molecule has 0 saturated carbocycles.